The number of nitrogens with zero attached hydrogens (tertiary/aromatic N) is 4. The summed E-state index contributed by atoms with van der Waals surface area (Å²) in [5.74, 6) is 1.79. The highest BCUT2D eigenvalue weighted by Gasteiger charge is 2.48. The van der Waals surface area contributed by atoms with Crippen LogP contribution in [-0.4, -0.2) is 80.9 Å². The van der Waals surface area contributed by atoms with Crippen molar-refractivity contribution in [3.63, 3.8) is 0 Å². The predicted molar refractivity (Wildman–Crippen MR) is 151 cm³/mol. The molecule has 3 rings (SSSR count). The molecule has 2 aromatic rings. The van der Waals surface area contributed by atoms with Crippen molar-refractivity contribution in [1.29, 1.82) is 0 Å². The van der Waals surface area contributed by atoms with Crippen LogP contribution in [0, 0.1) is 18.3 Å². The van der Waals surface area contributed by atoms with Gasteiger partial charge < -0.3 is 34.7 Å². The molecule has 16 heteroatoms. The number of imidazole rings is 1. The lowest BCUT2D eigenvalue weighted by Gasteiger charge is -2.35. The van der Waals surface area contributed by atoms with Crippen LogP contribution in [0.5, 0.6) is 0 Å². The van der Waals surface area contributed by atoms with Crippen molar-refractivity contribution in [3.05, 3.63) is 6.33 Å². The summed E-state index contributed by atoms with van der Waals surface area (Å²) < 4.78 is 46.5. The second-order valence-electron chi connectivity index (χ2n) is 10.4. The number of aliphatic hydroxyl groups excluding tert-OH is 1. The molecule has 5 unspecified atom stereocenters. The fraction of sp³-hybridized carbons (Fsp3) is 0.680. The first-order chi connectivity index (χ1) is 19.3. The number of nitrogen functional groups attached to an aromatic ring is 1. The Hall–Kier alpha value is -2.86. The van der Waals surface area contributed by atoms with E-state index in [0.29, 0.717) is 11.3 Å². The van der Waals surface area contributed by atoms with Crippen LogP contribution >= 0.6 is 7.67 Å². The third-order valence-electron chi connectivity index (χ3n) is 6.73. The van der Waals surface area contributed by atoms with Crippen LogP contribution in [0.2, 0.25) is 0 Å². The number of terminal acetylenes is 1. The molecule has 41 heavy (non-hydrogen) atoms. The van der Waals surface area contributed by atoms with E-state index in [9.17, 15) is 14.5 Å². The van der Waals surface area contributed by atoms with E-state index < -0.39 is 50.2 Å². The molecule has 0 amide bonds. The van der Waals surface area contributed by atoms with Crippen LogP contribution in [-0.2, 0) is 23.4 Å². The maximum atomic E-state index is 16.5. The van der Waals surface area contributed by atoms with Crippen LogP contribution in [0.15, 0.2) is 6.33 Å². The number of carbonyl (C=O) groups excluding carboxylic acids is 1. The normalized spacial score (nSPS) is 19.5. The number of alkyl halides is 1. The summed E-state index contributed by atoms with van der Waals surface area (Å²) in [7, 11) is -2.94. The van der Waals surface area contributed by atoms with Gasteiger partial charge in [0.2, 0.25) is 11.6 Å². The van der Waals surface area contributed by atoms with Gasteiger partial charge in [0.05, 0.1) is 25.6 Å². The predicted octanol–water partition coefficient (Wildman–Crippen LogP) is 1.91. The first kappa shape index (κ1) is 32.7. The third kappa shape index (κ3) is 7.91. The number of methoxy groups -OCH3 is 1. The standard InChI is InChI=1S/C25H40FN8O6P/c1-7-25(26,15(5)34-13-29-19-21(30-16-9-10-16)31-24(27)32-22(19)34)20(35)18(38-6)12-40-41(28,37)33-17(11-14(3)4)23(36)39-8-2/h1,13-18,20,35H,8-12H2,2-6H3,(H3,28,33,37)(H3,27,30,31,32)/t15?,17?,18?,20?,25-,41?/m1/s1. The van der Waals surface area contributed by atoms with Crippen molar-refractivity contribution < 1.29 is 32.9 Å². The van der Waals surface area contributed by atoms with Crippen LogP contribution in [0.3, 0.4) is 0 Å². The van der Waals surface area contributed by atoms with Crippen molar-refractivity contribution in [2.24, 2.45) is 11.4 Å². The highest BCUT2D eigenvalue weighted by Crippen LogP contribution is 2.38. The topological polar surface area (TPSA) is 202 Å². The summed E-state index contributed by atoms with van der Waals surface area (Å²) in [6, 6.07) is -1.99. The molecule has 2 aromatic heterocycles. The first-order valence-electron chi connectivity index (χ1n) is 13.4. The molecule has 7 N–H and O–H groups in total. The monoisotopic (exact) mass is 598 g/mol. The highest BCUT2D eigenvalue weighted by atomic mass is 31.2. The van der Waals surface area contributed by atoms with E-state index in [0.717, 1.165) is 12.8 Å². The maximum absolute atomic E-state index is 16.5. The van der Waals surface area contributed by atoms with Crippen molar-refractivity contribution >= 4 is 36.6 Å². The molecule has 0 radical (unpaired) electrons. The molecular weight excluding hydrogens is 558 g/mol. The van der Waals surface area contributed by atoms with E-state index in [4.69, 9.17) is 31.7 Å². The fourth-order valence-corrected chi connectivity index (χ4v) is 5.40. The first-order valence-corrected chi connectivity index (χ1v) is 15.1. The number of halogens is 1. The Kier molecular flexibility index (Phi) is 10.7. The molecule has 1 aliphatic rings. The number of aliphatic hydroxyl groups is 1. The van der Waals surface area contributed by atoms with Gasteiger partial charge in [-0.05, 0) is 39.0 Å². The van der Waals surface area contributed by atoms with E-state index in [1.807, 2.05) is 19.8 Å². The van der Waals surface area contributed by atoms with Gasteiger partial charge in [-0.1, -0.05) is 19.8 Å². The lowest BCUT2D eigenvalue weighted by Crippen LogP contribution is -2.52. The Labute approximate surface area is 238 Å². The summed E-state index contributed by atoms with van der Waals surface area (Å²) >= 11 is 0. The quantitative estimate of drug-likeness (QED) is 0.107. The molecular formula is C25H40FN8O6P. The van der Waals surface area contributed by atoms with Gasteiger partial charge in [-0.25, -0.2) is 20.0 Å². The molecule has 1 fully saturated rings. The SMILES string of the molecule is C#C[C@](F)(C(O)C(COP(N)(=O)NC(CC(C)C)C(=O)OCC)OC)C(C)n1cnc2c(NC3CC3)nc(N)nc21. The van der Waals surface area contributed by atoms with Gasteiger partial charge >= 0.3 is 13.6 Å². The van der Waals surface area contributed by atoms with E-state index in [1.165, 1.54) is 24.9 Å². The summed E-state index contributed by atoms with van der Waals surface area (Å²) in [5, 5.41) is 16.8. The summed E-state index contributed by atoms with van der Waals surface area (Å²) in [5.41, 5.74) is 9.57. The summed E-state index contributed by atoms with van der Waals surface area (Å²) in [4.78, 5) is 25.1. The van der Waals surface area contributed by atoms with Crippen LogP contribution in [0.1, 0.15) is 53.0 Å². The Morgan fingerprint density at radius 2 is 2.07 bits per heavy atom. The second-order valence-corrected chi connectivity index (χ2v) is 12.1. The molecule has 228 valence electrons. The number of fused-ring (bicyclic) bond motifs is 1. The number of nitrogens with one attached hydrogen (secondary N) is 2. The van der Waals surface area contributed by atoms with Gasteiger partial charge in [0.1, 0.15) is 18.2 Å². The fourth-order valence-electron chi connectivity index (χ4n) is 4.31. The minimum absolute atomic E-state index is 0.0372. The number of esters is 1. The smallest absolute Gasteiger partial charge is 0.338 e. The molecule has 0 aliphatic heterocycles. The number of hydrogen-bond donors (Lipinski definition) is 5. The van der Waals surface area contributed by atoms with Crippen LogP contribution < -0.4 is 21.6 Å². The molecule has 0 saturated heterocycles. The maximum Gasteiger partial charge on any atom is 0.338 e. The van der Waals surface area contributed by atoms with Crippen molar-refractivity contribution in [1.82, 2.24) is 24.6 Å². The van der Waals surface area contributed by atoms with Crippen molar-refractivity contribution in [2.45, 2.75) is 83.0 Å². The highest BCUT2D eigenvalue weighted by molar-refractivity contribution is 7.54. The molecule has 0 aromatic carbocycles. The van der Waals surface area contributed by atoms with E-state index in [1.54, 1.807) is 6.92 Å². The Morgan fingerprint density at radius 1 is 1.39 bits per heavy atom. The summed E-state index contributed by atoms with van der Waals surface area (Å²) in [6.45, 7) is 6.31. The average Bonchev–Trinajstić information content (AvgIpc) is 3.62. The lowest BCUT2D eigenvalue weighted by molar-refractivity contribution is -0.145. The van der Waals surface area contributed by atoms with E-state index >= 15 is 4.39 Å². The van der Waals surface area contributed by atoms with Crippen LogP contribution in [0.25, 0.3) is 11.2 Å². The number of ether oxygens (including phenoxy) is 2. The Morgan fingerprint density at radius 3 is 2.63 bits per heavy atom. The number of carbonyl (C=O) groups is 1. The van der Waals surface area contributed by atoms with Gasteiger partial charge in [-0.3, -0.25) is 9.36 Å². The zero-order chi connectivity index (χ0) is 30.5. The number of rotatable bonds is 16. The van der Waals surface area contributed by atoms with Gasteiger partial charge in [0.15, 0.2) is 17.0 Å². The Balaban J connectivity index is 1.79. The van der Waals surface area contributed by atoms with Crippen molar-refractivity contribution in [3.8, 4) is 12.3 Å². The molecule has 14 nitrogen and oxygen atoms in total. The minimum atomic E-state index is -4.14. The molecule has 1 saturated carbocycles. The number of hydrogen-bond acceptors (Lipinski definition) is 11. The zero-order valence-corrected chi connectivity index (χ0v) is 24.8. The molecule has 0 bridgehead atoms. The third-order valence-corrected chi connectivity index (χ3v) is 7.94. The average molecular weight is 599 g/mol. The molecule has 1 aliphatic carbocycles. The van der Waals surface area contributed by atoms with E-state index in [2.05, 4.69) is 25.4 Å². The number of nitrogens with two attached hydrogens (primary N) is 2. The number of aromatic nitrogens is 4. The number of anilines is 2. The zero-order valence-electron chi connectivity index (χ0n) is 23.9. The summed E-state index contributed by atoms with van der Waals surface area (Å²) in [6.07, 6.45) is 5.78. The largest absolute Gasteiger partial charge is 0.465 e. The molecule has 6 atom stereocenters. The van der Waals surface area contributed by atoms with Crippen molar-refractivity contribution in [2.75, 3.05) is 31.4 Å². The Bertz CT molecular complexity index is 1300. The van der Waals surface area contributed by atoms with E-state index in [-0.39, 0.29) is 36.6 Å². The van der Waals surface area contributed by atoms with Gasteiger partial charge in [0.25, 0.3) is 0 Å². The van der Waals surface area contributed by atoms with Gasteiger partial charge in [-0.2, -0.15) is 9.97 Å². The second kappa shape index (κ2) is 13.4. The minimum Gasteiger partial charge on any atom is -0.465 e. The molecule has 0 spiro atoms. The van der Waals surface area contributed by atoms with Gasteiger partial charge in [0, 0.05) is 13.2 Å². The molecule has 2 heterocycles. The van der Waals surface area contributed by atoms with Gasteiger partial charge in [-0.15, -0.1) is 6.42 Å². The van der Waals surface area contributed by atoms with Crippen LogP contribution in [0.4, 0.5) is 16.2 Å². The lowest BCUT2D eigenvalue weighted by atomic mass is 9.88.